The molecule has 3 nitrogen and oxygen atoms in total. The summed E-state index contributed by atoms with van der Waals surface area (Å²) < 4.78 is 19.5. The summed E-state index contributed by atoms with van der Waals surface area (Å²) in [5.74, 6) is -0.0924. The van der Waals surface area contributed by atoms with Crippen LogP contribution in [0, 0.1) is 18.2 Å². The van der Waals surface area contributed by atoms with Gasteiger partial charge in [-0.3, -0.25) is 5.41 Å². The first-order valence-corrected chi connectivity index (χ1v) is 5.89. The van der Waals surface area contributed by atoms with Gasteiger partial charge in [-0.1, -0.05) is 24.3 Å². The van der Waals surface area contributed by atoms with Crippen molar-refractivity contribution in [1.29, 1.82) is 5.41 Å². The summed E-state index contributed by atoms with van der Waals surface area (Å²) in [6, 6.07) is 12.3. The summed E-state index contributed by atoms with van der Waals surface area (Å²) in [6.45, 7) is 2.07. The maximum Gasteiger partial charge on any atom is 0.140 e. The smallest absolute Gasteiger partial charge is 0.140 e. The first-order chi connectivity index (χ1) is 9.08. The highest BCUT2D eigenvalue weighted by Crippen LogP contribution is 2.17. The molecule has 0 amide bonds. The normalized spacial score (nSPS) is 10.2. The first kappa shape index (κ1) is 13.1. The Bertz CT molecular complexity index is 611. The van der Waals surface area contributed by atoms with Crippen LogP contribution in [0.1, 0.15) is 16.7 Å². The molecule has 98 valence electrons. The fourth-order valence-corrected chi connectivity index (χ4v) is 1.77. The number of nitrogens with two attached hydrogens (primary N) is 1. The molecule has 0 atom stereocenters. The molecule has 0 aliphatic rings. The quantitative estimate of drug-likeness (QED) is 0.654. The number of ether oxygens (including phenoxy) is 1. The summed E-state index contributed by atoms with van der Waals surface area (Å²) in [7, 11) is 0. The number of aryl methyl sites for hydroxylation is 1. The highest BCUT2D eigenvalue weighted by atomic mass is 19.1. The molecular formula is C15H15FN2O. The minimum atomic E-state index is -0.498. The number of nitrogen functional groups attached to an aromatic ring is 1. The predicted octanol–water partition coefficient (Wildman–Crippen LogP) is 3.00. The van der Waals surface area contributed by atoms with Crippen LogP contribution in [0.15, 0.2) is 42.5 Å². The zero-order valence-corrected chi connectivity index (χ0v) is 10.6. The number of hydrogen-bond acceptors (Lipinski definition) is 2. The lowest BCUT2D eigenvalue weighted by atomic mass is 10.1. The maximum absolute atomic E-state index is 14.0. The number of nitrogens with one attached hydrogen (secondary N) is 1. The van der Waals surface area contributed by atoms with E-state index in [-0.39, 0.29) is 18.0 Å². The van der Waals surface area contributed by atoms with Gasteiger partial charge >= 0.3 is 0 Å². The molecule has 2 rings (SSSR count). The van der Waals surface area contributed by atoms with E-state index in [0.717, 1.165) is 5.56 Å². The predicted molar refractivity (Wildman–Crippen MR) is 72.9 cm³/mol. The van der Waals surface area contributed by atoms with Crippen molar-refractivity contribution in [2.24, 2.45) is 5.73 Å². The Morgan fingerprint density at radius 3 is 2.68 bits per heavy atom. The van der Waals surface area contributed by atoms with Crippen LogP contribution in [0.2, 0.25) is 0 Å². The Hall–Kier alpha value is -2.36. The van der Waals surface area contributed by atoms with Gasteiger partial charge in [0.2, 0.25) is 0 Å². The third kappa shape index (κ3) is 3.10. The van der Waals surface area contributed by atoms with E-state index in [1.807, 2.05) is 31.2 Å². The van der Waals surface area contributed by atoms with E-state index in [9.17, 15) is 4.39 Å². The van der Waals surface area contributed by atoms with Gasteiger partial charge in [-0.25, -0.2) is 4.39 Å². The fraction of sp³-hybridized carbons (Fsp3) is 0.133. The molecule has 0 fully saturated rings. The topological polar surface area (TPSA) is 59.1 Å². The molecule has 0 saturated carbocycles. The largest absolute Gasteiger partial charge is 0.489 e. The molecule has 0 spiro atoms. The average molecular weight is 258 g/mol. The van der Waals surface area contributed by atoms with Gasteiger partial charge in [0.1, 0.15) is 24.0 Å². The van der Waals surface area contributed by atoms with Crippen LogP contribution in [-0.4, -0.2) is 5.84 Å². The molecule has 0 saturated heterocycles. The van der Waals surface area contributed by atoms with Crippen molar-refractivity contribution < 1.29 is 9.13 Å². The zero-order chi connectivity index (χ0) is 13.8. The molecule has 0 bridgehead atoms. The summed E-state index contributed by atoms with van der Waals surface area (Å²) in [5.41, 5.74) is 6.88. The average Bonchev–Trinajstić information content (AvgIpc) is 2.37. The van der Waals surface area contributed by atoms with Crippen molar-refractivity contribution in [2.45, 2.75) is 13.5 Å². The van der Waals surface area contributed by atoms with Gasteiger partial charge in [-0.05, 0) is 30.7 Å². The van der Waals surface area contributed by atoms with E-state index < -0.39 is 5.82 Å². The Balaban J connectivity index is 2.16. The van der Waals surface area contributed by atoms with E-state index in [1.54, 1.807) is 12.1 Å². The van der Waals surface area contributed by atoms with E-state index in [2.05, 4.69) is 0 Å². The second kappa shape index (κ2) is 5.52. The van der Waals surface area contributed by atoms with Crippen LogP contribution in [0.4, 0.5) is 4.39 Å². The SMILES string of the molecule is Cc1cccc(OCc2cccc(C(=N)N)c2F)c1. The first-order valence-electron chi connectivity index (χ1n) is 5.89. The van der Waals surface area contributed by atoms with Crippen LogP contribution in [0.25, 0.3) is 0 Å². The summed E-state index contributed by atoms with van der Waals surface area (Å²) >= 11 is 0. The lowest BCUT2D eigenvalue weighted by molar-refractivity contribution is 0.299. The van der Waals surface area contributed by atoms with Gasteiger partial charge in [0.05, 0.1) is 5.56 Å². The fourth-order valence-electron chi connectivity index (χ4n) is 1.77. The molecule has 0 heterocycles. The van der Waals surface area contributed by atoms with Crippen LogP contribution in [-0.2, 0) is 6.61 Å². The Morgan fingerprint density at radius 1 is 1.26 bits per heavy atom. The van der Waals surface area contributed by atoms with Gasteiger partial charge in [-0.15, -0.1) is 0 Å². The van der Waals surface area contributed by atoms with Crippen LogP contribution < -0.4 is 10.5 Å². The van der Waals surface area contributed by atoms with E-state index in [0.29, 0.717) is 11.3 Å². The number of halogens is 1. The number of benzene rings is 2. The van der Waals surface area contributed by atoms with Gasteiger partial charge < -0.3 is 10.5 Å². The van der Waals surface area contributed by atoms with Crippen molar-refractivity contribution >= 4 is 5.84 Å². The highest BCUT2D eigenvalue weighted by molar-refractivity contribution is 5.95. The monoisotopic (exact) mass is 258 g/mol. The van der Waals surface area contributed by atoms with Crippen molar-refractivity contribution in [3.05, 3.63) is 65.0 Å². The molecule has 0 unspecified atom stereocenters. The van der Waals surface area contributed by atoms with E-state index in [4.69, 9.17) is 15.9 Å². The minimum Gasteiger partial charge on any atom is -0.489 e. The third-order valence-corrected chi connectivity index (χ3v) is 2.75. The van der Waals surface area contributed by atoms with E-state index >= 15 is 0 Å². The molecule has 19 heavy (non-hydrogen) atoms. The molecule has 4 heteroatoms. The molecular weight excluding hydrogens is 243 g/mol. The van der Waals surface area contributed by atoms with E-state index in [1.165, 1.54) is 6.07 Å². The Morgan fingerprint density at radius 2 is 2.00 bits per heavy atom. The van der Waals surface area contributed by atoms with Gasteiger partial charge in [-0.2, -0.15) is 0 Å². The minimum absolute atomic E-state index is 0.102. The second-order valence-electron chi connectivity index (χ2n) is 4.30. The summed E-state index contributed by atoms with van der Waals surface area (Å²) in [6.07, 6.45) is 0. The summed E-state index contributed by atoms with van der Waals surface area (Å²) in [5, 5.41) is 7.29. The molecule has 2 aromatic rings. The van der Waals surface area contributed by atoms with Crippen LogP contribution in [0.5, 0.6) is 5.75 Å². The number of rotatable bonds is 4. The highest BCUT2D eigenvalue weighted by Gasteiger charge is 2.10. The van der Waals surface area contributed by atoms with Crippen molar-refractivity contribution in [3.63, 3.8) is 0 Å². The molecule has 0 aliphatic heterocycles. The van der Waals surface area contributed by atoms with Crippen LogP contribution >= 0.6 is 0 Å². The maximum atomic E-state index is 14.0. The molecule has 0 aromatic heterocycles. The Labute approximate surface area is 111 Å². The van der Waals surface area contributed by atoms with Crippen molar-refractivity contribution in [2.75, 3.05) is 0 Å². The molecule has 2 aromatic carbocycles. The van der Waals surface area contributed by atoms with Crippen molar-refractivity contribution in [3.8, 4) is 5.75 Å². The number of hydrogen-bond donors (Lipinski definition) is 2. The molecule has 0 aliphatic carbocycles. The van der Waals surface area contributed by atoms with Gasteiger partial charge in [0, 0.05) is 5.56 Å². The number of amidine groups is 1. The Kier molecular flexibility index (Phi) is 3.80. The van der Waals surface area contributed by atoms with Gasteiger partial charge in [0.25, 0.3) is 0 Å². The molecule has 3 N–H and O–H groups in total. The lowest BCUT2D eigenvalue weighted by Gasteiger charge is -2.09. The van der Waals surface area contributed by atoms with Gasteiger partial charge in [0.15, 0.2) is 0 Å². The lowest BCUT2D eigenvalue weighted by Crippen LogP contribution is -2.14. The standard InChI is InChI=1S/C15H15FN2O/c1-10-4-2-6-12(8-10)19-9-11-5-3-7-13(14(11)16)15(17)18/h2-8H,9H2,1H3,(H3,17,18). The second-order valence-corrected chi connectivity index (χ2v) is 4.30. The zero-order valence-electron chi connectivity index (χ0n) is 10.6. The summed E-state index contributed by atoms with van der Waals surface area (Å²) in [4.78, 5) is 0. The van der Waals surface area contributed by atoms with Crippen molar-refractivity contribution in [1.82, 2.24) is 0 Å². The molecule has 0 radical (unpaired) electrons. The third-order valence-electron chi connectivity index (χ3n) is 2.75. The van der Waals surface area contributed by atoms with Crippen LogP contribution in [0.3, 0.4) is 0 Å².